The van der Waals surface area contributed by atoms with E-state index in [1.54, 1.807) is 10.9 Å². The first-order chi connectivity index (χ1) is 11.1. The largest absolute Gasteiger partial charge is 0.381 e. The van der Waals surface area contributed by atoms with Gasteiger partial charge in [0.1, 0.15) is 4.90 Å². The molecule has 8 heteroatoms. The third kappa shape index (κ3) is 3.93. The highest BCUT2D eigenvalue weighted by molar-refractivity contribution is 7.89. The summed E-state index contributed by atoms with van der Waals surface area (Å²) in [7, 11) is -3.54. The van der Waals surface area contributed by atoms with E-state index in [9.17, 15) is 8.42 Å². The van der Waals surface area contributed by atoms with Crippen LogP contribution in [0.4, 0.5) is 0 Å². The van der Waals surface area contributed by atoms with Gasteiger partial charge in [0.2, 0.25) is 10.0 Å². The summed E-state index contributed by atoms with van der Waals surface area (Å²) < 4.78 is 35.2. The Morgan fingerprint density at radius 3 is 2.74 bits per heavy atom. The quantitative estimate of drug-likeness (QED) is 0.832. The molecular weight excluding hydrogens is 316 g/mol. The normalized spacial score (nSPS) is 27.2. The van der Waals surface area contributed by atoms with Crippen LogP contribution in [0.1, 0.15) is 44.6 Å². The molecule has 2 heterocycles. The second-order valence-electron chi connectivity index (χ2n) is 6.51. The van der Waals surface area contributed by atoms with Crippen molar-refractivity contribution in [2.75, 3.05) is 19.8 Å². The molecule has 0 spiro atoms. The average Bonchev–Trinajstić information content (AvgIpc) is 3.07. The summed E-state index contributed by atoms with van der Waals surface area (Å²) >= 11 is 0. The van der Waals surface area contributed by atoms with Crippen molar-refractivity contribution in [2.24, 2.45) is 11.7 Å². The zero-order valence-electron chi connectivity index (χ0n) is 13.4. The minimum Gasteiger partial charge on any atom is -0.381 e. The van der Waals surface area contributed by atoms with Gasteiger partial charge in [0.15, 0.2) is 0 Å². The number of hydrogen-bond acceptors (Lipinski definition) is 5. The average molecular weight is 342 g/mol. The monoisotopic (exact) mass is 342 g/mol. The van der Waals surface area contributed by atoms with Crippen LogP contribution in [0.25, 0.3) is 0 Å². The predicted molar refractivity (Wildman–Crippen MR) is 86.4 cm³/mol. The number of sulfonamides is 1. The number of aromatic nitrogens is 2. The first-order valence-corrected chi connectivity index (χ1v) is 9.93. The molecule has 1 aliphatic carbocycles. The number of nitrogens with one attached hydrogen (secondary N) is 1. The molecule has 1 aromatic heterocycles. The SMILES string of the molecule is NC[C@@H]1CCCC[C@H]1NS(=O)(=O)c1cnn(C2CCOCC2)c1. The molecule has 1 saturated heterocycles. The Morgan fingerprint density at radius 2 is 2.00 bits per heavy atom. The van der Waals surface area contributed by atoms with Gasteiger partial charge < -0.3 is 10.5 Å². The van der Waals surface area contributed by atoms with Gasteiger partial charge in [0.05, 0.1) is 12.2 Å². The third-order valence-electron chi connectivity index (χ3n) is 4.97. The van der Waals surface area contributed by atoms with Crippen molar-refractivity contribution in [3.05, 3.63) is 12.4 Å². The van der Waals surface area contributed by atoms with Crippen LogP contribution in [0.2, 0.25) is 0 Å². The maximum atomic E-state index is 12.6. The second kappa shape index (κ2) is 7.29. The predicted octanol–water partition coefficient (Wildman–Crippen LogP) is 1.03. The highest BCUT2D eigenvalue weighted by atomic mass is 32.2. The zero-order chi connectivity index (χ0) is 16.3. The van der Waals surface area contributed by atoms with Gasteiger partial charge in [-0.1, -0.05) is 12.8 Å². The molecule has 23 heavy (non-hydrogen) atoms. The Morgan fingerprint density at radius 1 is 1.26 bits per heavy atom. The number of hydrogen-bond donors (Lipinski definition) is 2. The fourth-order valence-corrected chi connectivity index (χ4v) is 4.80. The molecule has 2 fully saturated rings. The lowest BCUT2D eigenvalue weighted by atomic mass is 9.85. The zero-order valence-corrected chi connectivity index (χ0v) is 14.2. The summed E-state index contributed by atoms with van der Waals surface area (Å²) in [5, 5.41) is 4.26. The van der Waals surface area contributed by atoms with E-state index in [-0.39, 0.29) is 22.9 Å². The van der Waals surface area contributed by atoms with Crippen LogP contribution in [0.3, 0.4) is 0 Å². The Labute approximate surface area is 137 Å². The van der Waals surface area contributed by atoms with Gasteiger partial charge in [0, 0.05) is 25.5 Å². The Hall–Kier alpha value is -0.960. The van der Waals surface area contributed by atoms with Crippen LogP contribution in [0.5, 0.6) is 0 Å². The Kier molecular flexibility index (Phi) is 5.35. The second-order valence-corrected chi connectivity index (χ2v) is 8.22. The van der Waals surface area contributed by atoms with E-state index < -0.39 is 10.0 Å². The van der Waals surface area contributed by atoms with Crippen LogP contribution in [-0.4, -0.2) is 44.0 Å². The molecule has 1 saturated carbocycles. The fourth-order valence-electron chi connectivity index (χ4n) is 3.52. The first kappa shape index (κ1) is 16.9. The number of nitrogens with two attached hydrogens (primary N) is 1. The molecule has 0 unspecified atom stereocenters. The van der Waals surface area contributed by atoms with Crippen molar-refractivity contribution >= 4 is 10.0 Å². The molecule has 0 amide bonds. The summed E-state index contributed by atoms with van der Waals surface area (Å²) in [5.41, 5.74) is 5.79. The standard InChI is InChI=1S/C15H26N4O3S/c16-9-12-3-1-2-4-15(12)18-23(20,21)14-10-17-19(11-14)13-5-7-22-8-6-13/h10-13,15,18H,1-9,16H2/t12-,15+/m0/s1. The highest BCUT2D eigenvalue weighted by Crippen LogP contribution is 2.26. The molecule has 3 rings (SSSR count). The first-order valence-electron chi connectivity index (χ1n) is 8.44. The lowest BCUT2D eigenvalue weighted by Crippen LogP contribution is -2.44. The highest BCUT2D eigenvalue weighted by Gasteiger charge is 2.29. The summed E-state index contributed by atoms with van der Waals surface area (Å²) in [6.07, 6.45) is 8.84. The van der Waals surface area contributed by atoms with E-state index in [4.69, 9.17) is 10.5 Å². The minimum absolute atomic E-state index is 0.0646. The topological polar surface area (TPSA) is 99.2 Å². The molecule has 2 atom stereocenters. The van der Waals surface area contributed by atoms with Crippen LogP contribution >= 0.6 is 0 Å². The van der Waals surface area contributed by atoms with E-state index in [2.05, 4.69) is 9.82 Å². The number of nitrogens with zero attached hydrogens (tertiary/aromatic N) is 2. The molecular formula is C15H26N4O3S. The molecule has 3 N–H and O–H groups in total. The van der Waals surface area contributed by atoms with E-state index in [0.29, 0.717) is 19.8 Å². The molecule has 2 aliphatic rings. The van der Waals surface area contributed by atoms with E-state index >= 15 is 0 Å². The van der Waals surface area contributed by atoms with Crippen molar-refractivity contribution < 1.29 is 13.2 Å². The fraction of sp³-hybridized carbons (Fsp3) is 0.800. The third-order valence-corrected chi connectivity index (χ3v) is 6.42. The molecule has 1 aliphatic heterocycles. The van der Waals surface area contributed by atoms with E-state index in [0.717, 1.165) is 38.5 Å². The van der Waals surface area contributed by atoms with Crippen LogP contribution in [-0.2, 0) is 14.8 Å². The summed E-state index contributed by atoms with van der Waals surface area (Å²) in [6.45, 7) is 1.92. The van der Waals surface area contributed by atoms with Gasteiger partial charge in [-0.3, -0.25) is 4.68 Å². The number of rotatable bonds is 5. The molecule has 1 aromatic rings. The maximum Gasteiger partial charge on any atom is 0.243 e. The van der Waals surface area contributed by atoms with Gasteiger partial charge >= 0.3 is 0 Å². The molecule has 0 aromatic carbocycles. The molecule has 0 radical (unpaired) electrons. The summed E-state index contributed by atoms with van der Waals surface area (Å²) in [6, 6.07) is 0.157. The lowest BCUT2D eigenvalue weighted by molar-refractivity contribution is 0.0662. The maximum absolute atomic E-state index is 12.6. The van der Waals surface area contributed by atoms with Crippen LogP contribution in [0.15, 0.2) is 17.3 Å². The van der Waals surface area contributed by atoms with Crippen molar-refractivity contribution in [3.8, 4) is 0 Å². The summed E-state index contributed by atoms with van der Waals surface area (Å²) in [5.74, 6) is 0.226. The van der Waals surface area contributed by atoms with Gasteiger partial charge in [-0.15, -0.1) is 0 Å². The smallest absolute Gasteiger partial charge is 0.243 e. The van der Waals surface area contributed by atoms with Crippen molar-refractivity contribution in [3.63, 3.8) is 0 Å². The Balaban J connectivity index is 1.70. The van der Waals surface area contributed by atoms with Crippen molar-refractivity contribution in [2.45, 2.75) is 55.5 Å². The van der Waals surface area contributed by atoms with Crippen molar-refractivity contribution in [1.29, 1.82) is 0 Å². The van der Waals surface area contributed by atoms with Gasteiger partial charge in [-0.05, 0) is 38.1 Å². The van der Waals surface area contributed by atoms with Gasteiger partial charge in [-0.2, -0.15) is 5.10 Å². The molecule has 7 nitrogen and oxygen atoms in total. The Bertz CT molecular complexity index is 610. The van der Waals surface area contributed by atoms with Crippen LogP contribution < -0.4 is 10.5 Å². The van der Waals surface area contributed by atoms with E-state index in [1.807, 2.05) is 0 Å². The summed E-state index contributed by atoms with van der Waals surface area (Å²) in [4.78, 5) is 0.241. The molecule has 0 bridgehead atoms. The van der Waals surface area contributed by atoms with Crippen molar-refractivity contribution in [1.82, 2.24) is 14.5 Å². The van der Waals surface area contributed by atoms with Gasteiger partial charge in [0.25, 0.3) is 0 Å². The lowest BCUT2D eigenvalue weighted by Gasteiger charge is -2.30. The van der Waals surface area contributed by atoms with Crippen LogP contribution in [0, 0.1) is 5.92 Å². The van der Waals surface area contributed by atoms with Gasteiger partial charge in [-0.25, -0.2) is 13.1 Å². The molecule has 130 valence electrons. The minimum atomic E-state index is -3.54. The number of ether oxygens (including phenoxy) is 1. The van der Waals surface area contributed by atoms with E-state index in [1.165, 1.54) is 6.20 Å².